The molecule has 3 nitrogen and oxygen atoms in total. The summed E-state index contributed by atoms with van der Waals surface area (Å²) in [6, 6.07) is 7.25. The van der Waals surface area contributed by atoms with Gasteiger partial charge in [0.25, 0.3) is 0 Å². The molecule has 1 aliphatic carbocycles. The van der Waals surface area contributed by atoms with Gasteiger partial charge >= 0.3 is 0 Å². The lowest BCUT2D eigenvalue weighted by Crippen LogP contribution is -2.31. The van der Waals surface area contributed by atoms with Crippen molar-refractivity contribution in [2.24, 2.45) is 11.8 Å². The molecule has 4 heteroatoms. The first-order chi connectivity index (χ1) is 8.66. The summed E-state index contributed by atoms with van der Waals surface area (Å²) in [5.41, 5.74) is 0.668. The lowest BCUT2D eigenvalue weighted by molar-refractivity contribution is -0.115. The molecule has 1 aromatic rings. The van der Waals surface area contributed by atoms with Crippen molar-refractivity contribution in [3.63, 3.8) is 0 Å². The van der Waals surface area contributed by atoms with Gasteiger partial charge in [0, 0.05) is 0 Å². The van der Waals surface area contributed by atoms with E-state index in [1.165, 1.54) is 12.8 Å². The van der Waals surface area contributed by atoms with E-state index in [-0.39, 0.29) is 5.91 Å². The van der Waals surface area contributed by atoms with E-state index in [1.54, 1.807) is 12.1 Å². The monoisotopic (exact) mass is 266 g/mol. The van der Waals surface area contributed by atoms with Gasteiger partial charge in [-0.3, -0.25) is 4.79 Å². The Balaban J connectivity index is 1.70. The third-order valence-corrected chi connectivity index (χ3v) is 3.66. The molecule has 0 radical (unpaired) electrons. The third kappa shape index (κ3) is 4.00. The van der Waals surface area contributed by atoms with Crippen LogP contribution in [0.3, 0.4) is 0 Å². The molecule has 2 N–H and O–H groups in total. The Morgan fingerprint density at radius 2 is 2.17 bits per heavy atom. The first kappa shape index (κ1) is 13.4. The van der Waals surface area contributed by atoms with Gasteiger partial charge in [-0.1, -0.05) is 30.7 Å². The number of halogens is 1. The highest BCUT2D eigenvalue weighted by Crippen LogP contribution is 2.35. The smallest absolute Gasteiger partial charge is 0.238 e. The Bertz CT molecular complexity index is 418. The molecule has 2 rings (SSSR count). The van der Waals surface area contributed by atoms with Crippen LogP contribution in [0.1, 0.15) is 19.8 Å². The van der Waals surface area contributed by atoms with Crippen molar-refractivity contribution in [3.05, 3.63) is 29.3 Å². The van der Waals surface area contributed by atoms with Gasteiger partial charge in [0.1, 0.15) is 0 Å². The highest BCUT2D eigenvalue weighted by atomic mass is 35.5. The van der Waals surface area contributed by atoms with Gasteiger partial charge in [-0.2, -0.15) is 0 Å². The van der Waals surface area contributed by atoms with Crippen LogP contribution in [-0.4, -0.2) is 19.0 Å². The van der Waals surface area contributed by atoms with Gasteiger partial charge in [-0.05, 0) is 43.4 Å². The van der Waals surface area contributed by atoms with Gasteiger partial charge in [0.05, 0.1) is 17.3 Å². The minimum Gasteiger partial charge on any atom is -0.324 e. The number of nitrogens with one attached hydrogen (secondary N) is 2. The van der Waals surface area contributed by atoms with Crippen molar-refractivity contribution in [1.29, 1.82) is 0 Å². The molecule has 98 valence electrons. The maximum atomic E-state index is 11.7. The molecular weight excluding hydrogens is 248 g/mol. The summed E-state index contributed by atoms with van der Waals surface area (Å²) < 4.78 is 0. The summed E-state index contributed by atoms with van der Waals surface area (Å²) in [7, 11) is 0. The minimum atomic E-state index is -0.0499. The van der Waals surface area contributed by atoms with E-state index in [2.05, 4.69) is 17.6 Å². The summed E-state index contributed by atoms with van der Waals surface area (Å²) in [5, 5.41) is 6.55. The lowest BCUT2D eigenvalue weighted by atomic mass is 10.1. The highest BCUT2D eigenvalue weighted by Gasteiger charge is 2.27. The van der Waals surface area contributed by atoms with Crippen LogP contribution in [0.15, 0.2) is 24.3 Å². The molecule has 0 aliphatic heterocycles. The second-order valence-corrected chi connectivity index (χ2v) is 5.38. The second-order valence-electron chi connectivity index (χ2n) is 4.97. The van der Waals surface area contributed by atoms with E-state index >= 15 is 0 Å². The number of carbonyl (C=O) groups is 1. The summed E-state index contributed by atoms with van der Waals surface area (Å²) in [5.74, 6) is 1.48. The number of hydrogen-bond donors (Lipinski definition) is 2. The van der Waals surface area contributed by atoms with Crippen LogP contribution < -0.4 is 10.6 Å². The van der Waals surface area contributed by atoms with Crippen LogP contribution in [0.25, 0.3) is 0 Å². The number of amides is 1. The van der Waals surface area contributed by atoms with Crippen molar-refractivity contribution in [2.75, 3.05) is 18.4 Å². The van der Waals surface area contributed by atoms with Gasteiger partial charge in [0.2, 0.25) is 5.91 Å². The Morgan fingerprint density at radius 1 is 1.44 bits per heavy atom. The Kier molecular flexibility index (Phi) is 4.61. The zero-order chi connectivity index (χ0) is 13.0. The van der Waals surface area contributed by atoms with Crippen molar-refractivity contribution in [1.82, 2.24) is 5.32 Å². The molecule has 1 atom stereocenters. The first-order valence-corrected chi connectivity index (χ1v) is 6.79. The van der Waals surface area contributed by atoms with Gasteiger partial charge in [-0.15, -0.1) is 0 Å². The van der Waals surface area contributed by atoms with Crippen LogP contribution in [0.2, 0.25) is 5.02 Å². The number of carbonyl (C=O) groups excluding carboxylic acids is 1. The van der Waals surface area contributed by atoms with Gasteiger partial charge < -0.3 is 10.6 Å². The number of benzene rings is 1. The molecule has 1 fully saturated rings. The molecule has 1 aliphatic rings. The SMILES string of the molecule is CC(CNCC(=O)Nc1ccccc1Cl)C1CC1. The largest absolute Gasteiger partial charge is 0.324 e. The van der Waals surface area contributed by atoms with Crippen molar-refractivity contribution >= 4 is 23.2 Å². The Morgan fingerprint density at radius 3 is 2.83 bits per heavy atom. The van der Waals surface area contributed by atoms with Crippen LogP contribution >= 0.6 is 11.6 Å². The molecule has 1 aromatic carbocycles. The van der Waals surface area contributed by atoms with Crippen LogP contribution in [0.4, 0.5) is 5.69 Å². The van der Waals surface area contributed by atoms with E-state index in [9.17, 15) is 4.79 Å². The standard InChI is InChI=1S/C14H19ClN2O/c1-10(11-6-7-11)8-16-9-14(18)17-13-5-3-2-4-12(13)15/h2-5,10-11,16H,6-9H2,1H3,(H,17,18). The molecular formula is C14H19ClN2O. The van der Waals surface area contributed by atoms with Crippen LogP contribution in [0.5, 0.6) is 0 Å². The van der Waals surface area contributed by atoms with E-state index in [0.29, 0.717) is 23.2 Å². The zero-order valence-electron chi connectivity index (χ0n) is 10.6. The molecule has 0 aromatic heterocycles. The molecule has 1 amide bonds. The van der Waals surface area contributed by atoms with Gasteiger partial charge in [-0.25, -0.2) is 0 Å². The molecule has 1 unspecified atom stereocenters. The normalized spacial score (nSPS) is 16.3. The first-order valence-electron chi connectivity index (χ1n) is 6.42. The second kappa shape index (κ2) is 6.21. The van der Waals surface area contributed by atoms with Crippen molar-refractivity contribution < 1.29 is 4.79 Å². The summed E-state index contributed by atoms with van der Waals surface area (Å²) in [6.07, 6.45) is 2.68. The molecule has 1 saturated carbocycles. The number of anilines is 1. The Labute approximate surface area is 113 Å². The number of rotatable bonds is 6. The molecule has 0 heterocycles. The fraction of sp³-hybridized carbons (Fsp3) is 0.500. The topological polar surface area (TPSA) is 41.1 Å². The molecule has 0 bridgehead atoms. The minimum absolute atomic E-state index is 0.0499. The average molecular weight is 267 g/mol. The molecule has 0 spiro atoms. The summed E-state index contributed by atoms with van der Waals surface area (Å²) in [6.45, 7) is 3.47. The average Bonchev–Trinajstić information content (AvgIpc) is 3.16. The maximum absolute atomic E-state index is 11.7. The highest BCUT2D eigenvalue weighted by molar-refractivity contribution is 6.33. The van der Waals surface area contributed by atoms with Crippen molar-refractivity contribution in [3.8, 4) is 0 Å². The van der Waals surface area contributed by atoms with E-state index in [4.69, 9.17) is 11.6 Å². The number of para-hydroxylation sites is 1. The third-order valence-electron chi connectivity index (χ3n) is 3.33. The van der Waals surface area contributed by atoms with Crippen LogP contribution in [0, 0.1) is 11.8 Å². The predicted octanol–water partition coefficient (Wildman–Crippen LogP) is 2.91. The quantitative estimate of drug-likeness (QED) is 0.831. The molecule has 0 saturated heterocycles. The molecule has 18 heavy (non-hydrogen) atoms. The van der Waals surface area contributed by atoms with E-state index in [1.807, 2.05) is 12.1 Å². The van der Waals surface area contributed by atoms with E-state index < -0.39 is 0 Å². The summed E-state index contributed by atoms with van der Waals surface area (Å²) >= 11 is 5.97. The lowest BCUT2D eigenvalue weighted by Gasteiger charge is -2.11. The maximum Gasteiger partial charge on any atom is 0.238 e. The fourth-order valence-electron chi connectivity index (χ4n) is 2.00. The predicted molar refractivity (Wildman–Crippen MR) is 74.8 cm³/mol. The fourth-order valence-corrected chi connectivity index (χ4v) is 2.19. The van der Waals surface area contributed by atoms with Crippen molar-refractivity contribution in [2.45, 2.75) is 19.8 Å². The Hall–Kier alpha value is -1.06. The van der Waals surface area contributed by atoms with E-state index in [0.717, 1.165) is 12.5 Å². The van der Waals surface area contributed by atoms with Crippen LogP contribution in [-0.2, 0) is 4.79 Å². The zero-order valence-corrected chi connectivity index (χ0v) is 11.3. The van der Waals surface area contributed by atoms with Gasteiger partial charge in [0.15, 0.2) is 0 Å². The number of hydrogen-bond acceptors (Lipinski definition) is 2. The summed E-state index contributed by atoms with van der Waals surface area (Å²) in [4.78, 5) is 11.7.